The highest BCUT2D eigenvalue weighted by Gasteiger charge is 2.12. The number of hydrogen-bond donors (Lipinski definition) is 0. The van der Waals surface area contributed by atoms with Gasteiger partial charge in [0.15, 0.2) is 5.76 Å². The summed E-state index contributed by atoms with van der Waals surface area (Å²) in [6.45, 7) is 3.71. The molecule has 0 unspecified atom stereocenters. The second-order valence-corrected chi connectivity index (χ2v) is 4.53. The van der Waals surface area contributed by atoms with E-state index in [2.05, 4.69) is 11.6 Å². The molecule has 4 heteroatoms. The molecule has 0 spiro atoms. The highest BCUT2D eigenvalue weighted by atomic mass is 16.5. The van der Waals surface area contributed by atoms with E-state index in [0.717, 1.165) is 5.56 Å². The number of rotatable bonds is 6. The molecule has 1 heterocycles. The molecule has 1 aromatic carbocycles. The molecule has 1 aromatic heterocycles. The van der Waals surface area contributed by atoms with Gasteiger partial charge in [0, 0.05) is 12.3 Å². The maximum Gasteiger partial charge on any atom is 0.315 e. The van der Waals surface area contributed by atoms with Crippen molar-refractivity contribution < 1.29 is 14.3 Å². The average molecular weight is 295 g/mol. The van der Waals surface area contributed by atoms with Gasteiger partial charge in [-0.3, -0.25) is 9.78 Å². The second-order valence-electron chi connectivity index (χ2n) is 4.53. The summed E-state index contributed by atoms with van der Waals surface area (Å²) in [6.07, 6.45) is 3.36. The number of pyridine rings is 1. The molecule has 2 aromatic rings. The molecule has 0 fully saturated rings. The fourth-order valence-corrected chi connectivity index (χ4v) is 1.79. The predicted molar refractivity (Wildman–Crippen MR) is 84.6 cm³/mol. The topological polar surface area (TPSA) is 48.4 Å². The first-order valence-electron chi connectivity index (χ1n) is 6.79. The Morgan fingerprint density at radius 2 is 1.91 bits per heavy atom. The number of methoxy groups -OCH3 is 1. The van der Waals surface area contributed by atoms with Gasteiger partial charge in [-0.15, -0.1) is 0 Å². The number of benzene rings is 1. The van der Waals surface area contributed by atoms with E-state index < -0.39 is 0 Å². The Balaban J connectivity index is 2.15. The number of carbonyl (C=O) groups is 1. The molecule has 0 bridgehead atoms. The summed E-state index contributed by atoms with van der Waals surface area (Å²) in [7, 11) is 1.50. The van der Waals surface area contributed by atoms with Crippen molar-refractivity contribution in [3.63, 3.8) is 0 Å². The molecule has 22 heavy (non-hydrogen) atoms. The minimum Gasteiger partial charge on any atom is -0.497 e. The van der Waals surface area contributed by atoms with E-state index in [-0.39, 0.29) is 12.4 Å². The third-order valence-corrected chi connectivity index (χ3v) is 2.89. The van der Waals surface area contributed by atoms with Gasteiger partial charge >= 0.3 is 5.97 Å². The van der Waals surface area contributed by atoms with Gasteiger partial charge in [-0.25, -0.2) is 0 Å². The monoisotopic (exact) mass is 295 g/mol. The van der Waals surface area contributed by atoms with Crippen LogP contribution in [0.5, 0.6) is 0 Å². The number of allylic oxidation sites excluding steroid dienone is 1. The molecule has 0 saturated heterocycles. The third kappa shape index (κ3) is 4.59. The molecule has 0 aliphatic rings. The number of aromatic nitrogens is 1. The quantitative estimate of drug-likeness (QED) is 0.466. The highest BCUT2D eigenvalue weighted by molar-refractivity contribution is 5.79. The molecule has 0 atom stereocenters. The molecular formula is C18H17NO3. The lowest BCUT2D eigenvalue weighted by molar-refractivity contribution is -0.135. The Kier molecular flexibility index (Phi) is 5.49. The van der Waals surface area contributed by atoms with E-state index in [1.807, 2.05) is 36.4 Å². The van der Waals surface area contributed by atoms with Crippen LogP contribution in [-0.4, -0.2) is 18.1 Å². The minimum absolute atomic E-state index is 0.185. The van der Waals surface area contributed by atoms with Crippen LogP contribution in [0.15, 0.2) is 73.1 Å². The number of hydrogen-bond acceptors (Lipinski definition) is 4. The SMILES string of the molecule is C=C(C=C(OC(=O)Cc1ccccc1)c1ccccn1)OC. The predicted octanol–water partition coefficient (Wildman–Crippen LogP) is 3.37. The van der Waals surface area contributed by atoms with E-state index >= 15 is 0 Å². The Labute approximate surface area is 129 Å². The normalized spacial score (nSPS) is 10.9. The summed E-state index contributed by atoms with van der Waals surface area (Å²) >= 11 is 0. The van der Waals surface area contributed by atoms with Gasteiger partial charge in [0.25, 0.3) is 0 Å². The summed E-state index contributed by atoms with van der Waals surface area (Å²) in [5.74, 6) is 0.327. The first-order chi connectivity index (χ1) is 10.7. The summed E-state index contributed by atoms with van der Waals surface area (Å²) in [5, 5.41) is 0. The van der Waals surface area contributed by atoms with Gasteiger partial charge < -0.3 is 9.47 Å². The second kappa shape index (κ2) is 7.78. The van der Waals surface area contributed by atoms with Crippen LogP contribution in [0.1, 0.15) is 11.3 Å². The van der Waals surface area contributed by atoms with E-state index in [9.17, 15) is 4.79 Å². The van der Waals surface area contributed by atoms with Crippen LogP contribution in [-0.2, 0) is 20.7 Å². The van der Waals surface area contributed by atoms with Crippen molar-refractivity contribution in [2.24, 2.45) is 0 Å². The van der Waals surface area contributed by atoms with Crippen molar-refractivity contribution in [3.8, 4) is 0 Å². The number of esters is 1. The highest BCUT2D eigenvalue weighted by Crippen LogP contribution is 2.17. The molecule has 112 valence electrons. The molecular weight excluding hydrogens is 278 g/mol. The van der Waals surface area contributed by atoms with Crippen LogP contribution >= 0.6 is 0 Å². The van der Waals surface area contributed by atoms with Crippen LogP contribution in [0.25, 0.3) is 5.76 Å². The lowest BCUT2D eigenvalue weighted by Gasteiger charge is -2.09. The number of carbonyl (C=O) groups excluding carboxylic acids is 1. The Bertz CT molecular complexity index is 663. The fraction of sp³-hybridized carbons (Fsp3) is 0.111. The van der Waals surface area contributed by atoms with Crippen molar-refractivity contribution in [2.45, 2.75) is 6.42 Å². The van der Waals surface area contributed by atoms with Gasteiger partial charge in [0.05, 0.1) is 13.5 Å². The van der Waals surface area contributed by atoms with E-state index in [4.69, 9.17) is 9.47 Å². The molecule has 0 N–H and O–H groups in total. The summed E-state index contributed by atoms with van der Waals surface area (Å²) in [4.78, 5) is 16.3. The van der Waals surface area contributed by atoms with E-state index in [1.165, 1.54) is 7.11 Å². The number of ether oxygens (including phenoxy) is 2. The van der Waals surface area contributed by atoms with Crippen LogP contribution in [0.3, 0.4) is 0 Å². The Morgan fingerprint density at radius 3 is 2.55 bits per heavy atom. The van der Waals surface area contributed by atoms with Gasteiger partial charge in [0.2, 0.25) is 0 Å². The molecule has 0 aliphatic carbocycles. The first kappa shape index (κ1) is 15.5. The summed E-state index contributed by atoms with van der Waals surface area (Å²) in [6, 6.07) is 14.8. The summed E-state index contributed by atoms with van der Waals surface area (Å²) in [5.41, 5.74) is 1.43. The van der Waals surface area contributed by atoms with Gasteiger partial charge in [-0.1, -0.05) is 43.0 Å². The summed E-state index contributed by atoms with van der Waals surface area (Å²) < 4.78 is 10.4. The lowest BCUT2D eigenvalue weighted by atomic mass is 10.1. The zero-order valence-corrected chi connectivity index (χ0v) is 12.4. The first-order valence-corrected chi connectivity index (χ1v) is 6.79. The molecule has 0 aliphatic heterocycles. The average Bonchev–Trinajstić information content (AvgIpc) is 2.55. The van der Waals surface area contributed by atoms with Crippen molar-refractivity contribution in [3.05, 3.63) is 84.4 Å². The largest absolute Gasteiger partial charge is 0.497 e. The maximum atomic E-state index is 12.1. The third-order valence-electron chi connectivity index (χ3n) is 2.89. The van der Waals surface area contributed by atoms with Gasteiger partial charge in [-0.2, -0.15) is 0 Å². The standard InChI is InChI=1S/C18H17NO3/c1-14(21-2)12-17(16-10-6-7-11-19-16)22-18(20)13-15-8-4-3-5-9-15/h3-12H,1,13H2,2H3. The fourth-order valence-electron chi connectivity index (χ4n) is 1.79. The molecule has 0 saturated carbocycles. The Morgan fingerprint density at radius 1 is 1.18 bits per heavy atom. The van der Waals surface area contributed by atoms with Crippen LogP contribution in [0.2, 0.25) is 0 Å². The van der Waals surface area contributed by atoms with Gasteiger partial charge in [0.1, 0.15) is 11.5 Å². The maximum absolute atomic E-state index is 12.1. The number of nitrogens with zero attached hydrogens (tertiary/aromatic N) is 1. The molecule has 4 nitrogen and oxygen atoms in total. The zero-order chi connectivity index (χ0) is 15.8. The van der Waals surface area contributed by atoms with Crippen molar-refractivity contribution in [2.75, 3.05) is 7.11 Å². The zero-order valence-electron chi connectivity index (χ0n) is 12.4. The van der Waals surface area contributed by atoms with Crippen molar-refractivity contribution >= 4 is 11.7 Å². The molecule has 2 rings (SSSR count). The van der Waals surface area contributed by atoms with E-state index in [0.29, 0.717) is 17.2 Å². The molecule has 0 radical (unpaired) electrons. The van der Waals surface area contributed by atoms with Gasteiger partial charge in [-0.05, 0) is 17.7 Å². The lowest BCUT2D eigenvalue weighted by Crippen LogP contribution is -2.08. The molecule has 0 amide bonds. The van der Waals surface area contributed by atoms with Crippen LogP contribution in [0.4, 0.5) is 0 Å². The van der Waals surface area contributed by atoms with Crippen LogP contribution < -0.4 is 0 Å². The Hall–Kier alpha value is -2.88. The smallest absolute Gasteiger partial charge is 0.315 e. The van der Waals surface area contributed by atoms with E-state index in [1.54, 1.807) is 24.4 Å². The van der Waals surface area contributed by atoms with Crippen LogP contribution in [0, 0.1) is 0 Å². The van der Waals surface area contributed by atoms with Crippen molar-refractivity contribution in [1.29, 1.82) is 0 Å². The minimum atomic E-state index is -0.369. The van der Waals surface area contributed by atoms with Crippen molar-refractivity contribution in [1.82, 2.24) is 4.98 Å².